The lowest BCUT2D eigenvalue weighted by Crippen LogP contribution is -2.63. The van der Waals surface area contributed by atoms with Gasteiger partial charge in [-0.3, -0.25) is 52.7 Å². The molecule has 1 fully saturated rings. The highest BCUT2D eigenvalue weighted by Gasteiger charge is 2.46. The lowest BCUT2D eigenvalue weighted by Gasteiger charge is -2.41. The first-order valence-corrected chi connectivity index (χ1v) is 31.2. The molecule has 1 aliphatic rings. The molecule has 1 aliphatic heterocycles. The molecule has 0 aliphatic carbocycles. The first-order valence-electron chi connectivity index (χ1n) is 31.2. The zero-order valence-electron chi connectivity index (χ0n) is 56.7. The summed E-state index contributed by atoms with van der Waals surface area (Å²) in [4.78, 5) is 170. The molecule has 1 heterocycles. The van der Waals surface area contributed by atoms with Crippen LogP contribution >= 0.6 is 0 Å². The van der Waals surface area contributed by atoms with Crippen molar-refractivity contribution < 1.29 is 57.8 Å². The number of amides is 8. The summed E-state index contributed by atoms with van der Waals surface area (Å²) in [6.07, 6.45) is 2.63. The Bertz CT molecular complexity index is 2320. The van der Waals surface area contributed by atoms with Gasteiger partial charge in [-0.2, -0.15) is 0 Å². The van der Waals surface area contributed by atoms with Crippen LogP contribution in [-0.4, -0.2) is 208 Å². The fourth-order valence-corrected chi connectivity index (χ4v) is 11.5. The summed E-state index contributed by atoms with van der Waals surface area (Å²) in [6.45, 7) is 30.2. The molecule has 2 N–H and O–H groups in total. The van der Waals surface area contributed by atoms with Crippen molar-refractivity contribution in [1.29, 1.82) is 0 Å². The van der Waals surface area contributed by atoms with E-state index in [1.54, 1.807) is 47.6 Å². The Balaban J connectivity index is 4.32. The zero-order valence-corrected chi connectivity index (χ0v) is 56.7. The number of Topliss-reactive ketones (excluding diaryl/α,β-unsaturated/α-hetero) is 3. The van der Waals surface area contributed by atoms with E-state index >= 15 is 9.59 Å². The van der Waals surface area contributed by atoms with Crippen molar-refractivity contribution in [1.82, 2.24) is 39.6 Å². The molecular formula is C65H114N8O12. The third kappa shape index (κ3) is 22.0. The molecule has 0 saturated carbocycles. The predicted octanol–water partition coefficient (Wildman–Crippen LogP) is 6.54. The number of nitrogens with zero attached hydrogens (tertiary/aromatic N) is 7. The number of aliphatic hydroxyl groups is 1. The van der Waals surface area contributed by atoms with E-state index in [9.17, 15) is 48.3 Å². The van der Waals surface area contributed by atoms with E-state index in [4.69, 9.17) is 0 Å². The Morgan fingerprint density at radius 1 is 0.482 bits per heavy atom. The van der Waals surface area contributed by atoms with Crippen LogP contribution in [-0.2, 0) is 52.7 Å². The highest BCUT2D eigenvalue weighted by Crippen LogP contribution is 2.29. The van der Waals surface area contributed by atoms with Gasteiger partial charge in [0.1, 0.15) is 36.0 Å². The summed E-state index contributed by atoms with van der Waals surface area (Å²) in [5.74, 6) is -10.6. The Morgan fingerprint density at radius 3 is 1.34 bits per heavy atom. The number of hydrogen-bond donors (Lipinski definition) is 2. The maximum atomic E-state index is 15.1. The number of likely N-dealkylation sites (N-methyl/N-ethyl adjacent to an activating group) is 7. The molecule has 20 heteroatoms. The van der Waals surface area contributed by atoms with Crippen molar-refractivity contribution in [3.63, 3.8) is 0 Å². The SMILES string of the molecule is C/C=C/C[C@@H](C)[C@@H](O)[C@H]1C(=O)N[C@@H](CC)C(=O)N(C)CC(=O)N(C)[C@@H](CC(C)C)C(=O)C[C@@H](C(C)C)C(=O)N(C)[C@@H](CC(C)C)C(=O)C[C@@H](C)C(=O)C[C@H](C)C(=O)N(C)[C@@H](CC(C)C)C(=O)N(C)[C@@H](CC(C)C)C(=O)N(C)[C@@H](C(C)C)C(=O)N1C. The van der Waals surface area contributed by atoms with Gasteiger partial charge < -0.3 is 44.7 Å². The molecule has 0 bridgehead atoms. The van der Waals surface area contributed by atoms with Gasteiger partial charge in [0.05, 0.1) is 24.7 Å². The summed E-state index contributed by atoms with van der Waals surface area (Å²) in [7, 11) is 10.2. The van der Waals surface area contributed by atoms with E-state index in [1.165, 1.54) is 73.8 Å². The highest BCUT2D eigenvalue weighted by molar-refractivity contribution is 5.99. The minimum atomic E-state index is -1.59. The van der Waals surface area contributed by atoms with Crippen molar-refractivity contribution in [3.8, 4) is 0 Å². The van der Waals surface area contributed by atoms with Crippen LogP contribution in [0.15, 0.2) is 12.2 Å². The fourth-order valence-electron chi connectivity index (χ4n) is 11.5. The summed E-state index contributed by atoms with van der Waals surface area (Å²) >= 11 is 0. The number of carbonyl (C=O) groups is 11. The summed E-state index contributed by atoms with van der Waals surface area (Å²) < 4.78 is 0. The molecule has 486 valence electrons. The van der Waals surface area contributed by atoms with Gasteiger partial charge in [0.25, 0.3) is 0 Å². The van der Waals surface area contributed by atoms with Gasteiger partial charge >= 0.3 is 0 Å². The van der Waals surface area contributed by atoms with Gasteiger partial charge in [0.2, 0.25) is 47.3 Å². The second kappa shape index (κ2) is 35.3. The first-order chi connectivity index (χ1) is 39.2. The van der Waals surface area contributed by atoms with Gasteiger partial charge in [-0.25, -0.2) is 0 Å². The topological polar surface area (TPSA) is 243 Å². The minimum Gasteiger partial charge on any atom is -0.390 e. The van der Waals surface area contributed by atoms with Crippen LogP contribution in [0.2, 0.25) is 0 Å². The monoisotopic (exact) mass is 1200 g/mol. The Kier molecular flexibility index (Phi) is 32.2. The minimum absolute atomic E-state index is 0.0399. The second-order valence-corrected chi connectivity index (χ2v) is 27.1. The average molecular weight is 1200 g/mol. The zero-order chi connectivity index (χ0) is 66.0. The van der Waals surface area contributed by atoms with E-state index in [1.807, 2.05) is 82.2 Å². The Labute approximate surface area is 511 Å². The third-order valence-electron chi connectivity index (χ3n) is 17.0. The van der Waals surface area contributed by atoms with Crippen LogP contribution in [0.1, 0.15) is 175 Å². The van der Waals surface area contributed by atoms with E-state index < -0.39 is 132 Å². The maximum absolute atomic E-state index is 15.1. The first kappa shape index (κ1) is 77.5. The van der Waals surface area contributed by atoms with Crippen molar-refractivity contribution in [3.05, 3.63) is 12.2 Å². The molecule has 85 heavy (non-hydrogen) atoms. The normalized spacial score (nSPS) is 27.2. The van der Waals surface area contributed by atoms with E-state index in [0.29, 0.717) is 6.42 Å². The van der Waals surface area contributed by atoms with Gasteiger partial charge in [-0.1, -0.05) is 123 Å². The van der Waals surface area contributed by atoms with Crippen molar-refractivity contribution in [2.75, 3.05) is 55.9 Å². The largest absolute Gasteiger partial charge is 0.390 e. The molecule has 0 radical (unpaired) electrons. The molecule has 0 aromatic rings. The van der Waals surface area contributed by atoms with Gasteiger partial charge in [-0.05, 0) is 86.9 Å². The molecule has 1 saturated heterocycles. The number of carbonyl (C=O) groups excluding carboxylic acids is 11. The van der Waals surface area contributed by atoms with E-state index in [-0.39, 0.29) is 98.3 Å². The number of allylic oxidation sites excluding steroid dienone is 2. The number of hydrogen-bond acceptors (Lipinski definition) is 12. The Hall–Kier alpha value is -5.53. The van der Waals surface area contributed by atoms with E-state index in [2.05, 4.69) is 5.32 Å². The van der Waals surface area contributed by atoms with Crippen LogP contribution in [0.4, 0.5) is 0 Å². The molecular weight excluding hydrogens is 1080 g/mol. The van der Waals surface area contributed by atoms with Crippen molar-refractivity contribution >= 4 is 64.6 Å². The summed E-state index contributed by atoms with van der Waals surface area (Å²) in [5, 5.41) is 14.9. The van der Waals surface area contributed by atoms with Gasteiger partial charge in [-0.15, -0.1) is 0 Å². The number of nitrogens with one attached hydrogen (secondary N) is 1. The molecule has 0 aromatic heterocycles. The number of ketones is 3. The quantitative estimate of drug-likeness (QED) is 0.166. The van der Waals surface area contributed by atoms with E-state index in [0.717, 1.165) is 9.80 Å². The standard InChI is InChI=1S/C65H114N8O12/c1-25-27-28-43(15)58(78)57-59(79)66-47(26-2)62(82)67(18)36-55(77)68(19)48(29-37(3)4)54(76)35-46(41(11)12)61(81)69(20)49(30-38(5)6)53(75)33-44(16)52(74)34-45(17)60(80)70(21)50(31-39(7)8)63(83)71(22)51(32-40(9)10)64(84)72(23)56(42(13)14)65(85)73(57)24/h25,27,37-51,56-58,78H,26,28-36H2,1-24H3,(H,66,79)/b27-25+/t43-,44-,45+,46+,47+,48+,49+,50+,51+,56+,57+,58-/m1/s1. The average Bonchev–Trinajstić information content (AvgIpc) is 3.62. The van der Waals surface area contributed by atoms with Crippen LogP contribution < -0.4 is 5.32 Å². The van der Waals surface area contributed by atoms with Crippen molar-refractivity contribution in [2.45, 2.75) is 224 Å². The molecule has 0 spiro atoms. The lowest BCUT2D eigenvalue weighted by atomic mass is 9.84. The molecule has 12 atom stereocenters. The molecule has 1 rings (SSSR count). The lowest BCUT2D eigenvalue weighted by molar-refractivity contribution is -0.157. The smallest absolute Gasteiger partial charge is 0.246 e. The van der Waals surface area contributed by atoms with Crippen molar-refractivity contribution in [2.24, 2.45) is 59.2 Å². The van der Waals surface area contributed by atoms with Gasteiger partial charge in [0.15, 0.2) is 11.6 Å². The molecule has 0 unspecified atom stereocenters. The summed E-state index contributed by atoms with van der Waals surface area (Å²) in [6, 6.07) is -8.24. The van der Waals surface area contributed by atoms with Crippen LogP contribution in [0.3, 0.4) is 0 Å². The highest BCUT2D eigenvalue weighted by atomic mass is 16.3. The van der Waals surface area contributed by atoms with Gasteiger partial charge in [0, 0.05) is 86.3 Å². The predicted molar refractivity (Wildman–Crippen MR) is 332 cm³/mol. The molecule has 8 amide bonds. The third-order valence-corrected chi connectivity index (χ3v) is 17.0. The number of rotatable bonds is 15. The molecule has 0 aromatic carbocycles. The fraction of sp³-hybridized carbons (Fsp3) is 0.800. The Morgan fingerprint density at radius 2 is 0.894 bits per heavy atom. The summed E-state index contributed by atoms with van der Waals surface area (Å²) in [5.41, 5.74) is 0. The van der Waals surface area contributed by atoms with Crippen LogP contribution in [0.5, 0.6) is 0 Å². The number of aliphatic hydroxyl groups excluding tert-OH is 1. The second-order valence-electron chi connectivity index (χ2n) is 27.1. The van der Waals surface area contributed by atoms with Crippen LogP contribution in [0, 0.1) is 59.2 Å². The maximum Gasteiger partial charge on any atom is 0.246 e. The molecule has 20 nitrogen and oxygen atoms in total. The van der Waals surface area contributed by atoms with Crippen LogP contribution in [0.25, 0.3) is 0 Å².